The van der Waals surface area contributed by atoms with Gasteiger partial charge in [-0.15, -0.1) is 11.3 Å². The average molecular weight is 535 g/mol. The SMILES string of the molecule is Cc1cc(I)ccc1C(C(=C=O)Nc1cccs1)C(c1ccccc1)c1ccccc1. The van der Waals surface area contributed by atoms with Crippen molar-refractivity contribution in [3.63, 3.8) is 0 Å². The Morgan fingerprint density at radius 3 is 2.06 bits per heavy atom. The first-order valence-corrected chi connectivity index (χ1v) is 12.0. The van der Waals surface area contributed by atoms with Gasteiger partial charge in [-0.1, -0.05) is 66.7 Å². The number of nitrogens with one attached hydrogen (secondary N) is 1. The van der Waals surface area contributed by atoms with Crippen LogP contribution in [0.3, 0.4) is 0 Å². The lowest BCUT2D eigenvalue weighted by Gasteiger charge is -2.30. The van der Waals surface area contributed by atoms with Gasteiger partial charge in [0.2, 0.25) is 0 Å². The molecule has 0 aliphatic heterocycles. The summed E-state index contributed by atoms with van der Waals surface area (Å²) >= 11 is 3.91. The monoisotopic (exact) mass is 535 g/mol. The van der Waals surface area contributed by atoms with E-state index in [2.05, 4.69) is 108 Å². The average Bonchev–Trinajstić information content (AvgIpc) is 3.31. The molecule has 0 bridgehead atoms. The number of benzene rings is 3. The fourth-order valence-corrected chi connectivity index (χ4v) is 5.31. The summed E-state index contributed by atoms with van der Waals surface area (Å²) in [4.78, 5) is 12.4. The van der Waals surface area contributed by atoms with Crippen LogP contribution in [0.15, 0.2) is 102 Å². The van der Waals surface area contributed by atoms with Crippen LogP contribution in [0, 0.1) is 10.5 Å². The van der Waals surface area contributed by atoms with Gasteiger partial charge < -0.3 is 5.32 Å². The first kappa shape index (κ1) is 21.6. The molecule has 4 heteroatoms. The Kier molecular flexibility index (Phi) is 7.03. The van der Waals surface area contributed by atoms with E-state index in [-0.39, 0.29) is 11.8 Å². The molecular weight excluding hydrogens is 513 g/mol. The molecular formula is C27H22INOS. The van der Waals surface area contributed by atoms with Gasteiger partial charge in [0.1, 0.15) is 11.6 Å². The van der Waals surface area contributed by atoms with Crippen LogP contribution in [0.2, 0.25) is 0 Å². The number of hydrogen-bond acceptors (Lipinski definition) is 3. The Balaban J connectivity index is 1.93. The third kappa shape index (κ3) is 4.99. The topological polar surface area (TPSA) is 29.1 Å². The van der Waals surface area contributed by atoms with Gasteiger partial charge in [-0.2, -0.15) is 0 Å². The van der Waals surface area contributed by atoms with Crippen molar-refractivity contribution >= 4 is 44.9 Å². The molecule has 0 fully saturated rings. The minimum absolute atomic E-state index is 0.0370. The van der Waals surface area contributed by atoms with Gasteiger partial charge >= 0.3 is 0 Å². The highest BCUT2D eigenvalue weighted by molar-refractivity contribution is 14.1. The maximum atomic E-state index is 12.4. The molecule has 0 saturated heterocycles. The van der Waals surface area contributed by atoms with Crippen LogP contribution in [-0.4, -0.2) is 5.94 Å². The zero-order chi connectivity index (χ0) is 21.6. The normalized spacial score (nSPS) is 11.7. The molecule has 1 unspecified atom stereocenters. The standard InChI is InChI=1S/C27H22INOS/c1-19-17-22(28)14-15-23(19)27(24(18-30)29-25-13-8-16-31-25)26(20-9-4-2-5-10-20)21-11-6-3-7-12-21/h2-17,26-27,29H,1H3. The minimum atomic E-state index is -0.207. The molecule has 0 spiro atoms. The summed E-state index contributed by atoms with van der Waals surface area (Å²) in [5, 5.41) is 6.32. The molecule has 0 radical (unpaired) electrons. The van der Waals surface area contributed by atoms with E-state index in [9.17, 15) is 4.79 Å². The second-order valence-electron chi connectivity index (χ2n) is 7.40. The molecule has 0 saturated carbocycles. The zero-order valence-electron chi connectivity index (χ0n) is 17.1. The minimum Gasteiger partial charge on any atom is -0.341 e. The molecule has 0 aliphatic rings. The summed E-state index contributed by atoms with van der Waals surface area (Å²) in [7, 11) is 0. The zero-order valence-corrected chi connectivity index (χ0v) is 20.1. The van der Waals surface area contributed by atoms with E-state index < -0.39 is 0 Å². The molecule has 1 atom stereocenters. The number of halogens is 1. The number of allylic oxidation sites excluding steroid dienone is 1. The summed E-state index contributed by atoms with van der Waals surface area (Å²) in [5.41, 5.74) is 5.16. The molecule has 0 aliphatic carbocycles. The molecule has 4 aromatic rings. The summed E-state index contributed by atoms with van der Waals surface area (Å²) in [5.74, 6) is 2.02. The summed E-state index contributed by atoms with van der Waals surface area (Å²) < 4.78 is 1.18. The first-order valence-electron chi connectivity index (χ1n) is 10.1. The molecule has 1 heterocycles. The quantitative estimate of drug-likeness (QED) is 0.197. The molecule has 31 heavy (non-hydrogen) atoms. The van der Waals surface area contributed by atoms with Crippen LogP contribution >= 0.6 is 33.9 Å². The van der Waals surface area contributed by atoms with Gasteiger partial charge in [-0.25, -0.2) is 4.79 Å². The van der Waals surface area contributed by atoms with Crippen molar-refractivity contribution in [2.45, 2.75) is 18.8 Å². The predicted octanol–water partition coefficient (Wildman–Crippen LogP) is 7.40. The van der Waals surface area contributed by atoms with Crippen LogP contribution in [0.4, 0.5) is 5.00 Å². The number of hydrogen-bond donors (Lipinski definition) is 1. The van der Waals surface area contributed by atoms with Crippen molar-refractivity contribution < 1.29 is 4.79 Å². The fourth-order valence-electron chi connectivity index (χ4n) is 4.04. The smallest absolute Gasteiger partial charge is 0.146 e. The first-order chi connectivity index (χ1) is 15.2. The van der Waals surface area contributed by atoms with Crippen LogP contribution in [0.25, 0.3) is 0 Å². The van der Waals surface area contributed by atoms with Crippen molar-refractivity contribution in [2.75, 3.05) is 5.32 Å². The third-order valence-corrected chi connectivity index (χ3v) is 6.87. The largest absolute Gasteiger partial charge is 0.341 e. The Hall–Kier alpha value is -2.66. The van der Waals surface area contributed by atoms with Crippen LogP contribution in [0.1, 0.15) is 34.1 Å². The van der Waals surface area contributed by atoms with Gasteiger partial charge in [0.05, 0.1) is 5.00 Å². The van der Waals surface area contributed by atoms with Crippen LogP contribution in [0.5, 0.6) is 0 Å². The Morgan fingerprint density at radius 2 is 1.55 bits per heavy atom. The van der Waals surface area contributed by atoms with Crippen LogP contribution in [-0.2, 0) is 4.79 Å². The van der Waals surface area contributed by atoms with Gasteiger partial charge in [0.25, 0.3) is 0 Å². The Morgan fingerprint density at radius 1 is 0.903 bits per heavy atom. The van der Waals surface area contributed by atoms with Crippen molar-refractivity contribution in [1.82, 2.24) is 0 Å². The number of carbonyl (C=O) groups excluding carboxylic acids is 1. The van der Waals surface area contributed by atoms with E-state index in [4.69, 9.17) is 0 Å². The Bertz CT molecular complexity index is 1140. The maximum absolute atomic E-state index is 12.4. The summed E-state index contributed by atoms with van der Waals surface area (Å²) in [6.07, 6.45) is 0. The van der Waals surface area contributed by atoms with Crippen molar-refractivity contribution in [1.29, 1.82) is 0 Å². The van der Waals surface area contributed by atoms with E-state index in [1.54, 1.807) is 11.3 Å². The van der Waals surface area contributed by atoms with E-state index in [1.165, 1.54) is 3.57 Å². The second-order valence-corrected chi connectivity index (χ2v) is 9.59. The molecule has 3 aromatic carbocycles. The fraction of sp³-hybridized carbons (Fsp3) is 0.111. The number of thiophene rings is 1. The van der Waals surface area contributed by atoms with Gasteiger partial charge in [0.15, 0.2) is 0 Å². The van der Waals surface area contributed by atoms with E-state index in [1.807, 2.05) is 29.6 Å². The van der Waals surface area contributed by atoms with E-state index in [0.717, 1.165) is 27.3 Å². The van der Waals surface area contributed by atoms with Gasteiger partial charge in [0, 0.05) is 15.4 Å². The third-order valence-electron chi connectivity index (χ3n) is 5.42. The molecule has 2 nitrogen and oxygen atoms in total. The highest BCUT2D eigenvalue weighted by Crippen LogP contribution is 2.44. The lowest BCUT2D eigenvalue weighted by Crippen LogP contribution is -2.21. The summed E-state index contributed by atoms with van der Waals surface area (Å²) in [6, 6.07) is 31.2. The Labute approximate surface area is 200 Å². The van der Waals surface area contributed by atoms with Crippen molar-refractivity contribution in [2.24, 2.45) is 0 Å². The molecule has 4 rings (SSSR count). The lowest BCUT2D eigenvalue weighted by molar-refractivity contribution is 0.562. The molecule has 0 amide bonds. The lowest BCUT2D eigenvalue weighted by atomic mass is 9.74. The number of aryl methyl sites for hydroxylation is 1. The molecule has 1 N–H and O–H groups in total. The maximum Gasteiger partial charge on any atom is 0.146 e. The summed E-state index contributed by atoms with van der Waals surface area (Å²) in [6.45, 7) is 2.12. The van der Waals surface area contributed by atoms with Gasteiger partial charge in [-0.05, 0) is 81.4 Å². The van der Waals surface area contributed by atoms with Crippen molar-refractivity contribution in [3.8, 4) is 0 Å². The highest BCUT2D eigenvalue weighted by Gasteiger charge is 2.32. The van der Waals surface area contributed by atoms with Crippen LogP contribution < -0.4 is 5.32 Å². The number of anilines is 1. The van der Waals surface area contributed by atoms with Crippen molar-refractivity contribution in [3.05, 3.63) is 128 Å². The number of rotatable bonds is 7. The molecule has 1 aromatic heterocycles. The van der Waals surface area contributed by atoms with Gasteiger partial charge in [-0.3, -0.25) is 0 Å². The van der Waals surface area contributed by atoms with E-state index >= 15 is 0 Å². The molecule has 154 valence electrons. The second kappa shape index (κ2) is 10.1. The van der Waals surface area contributed by atoms with E-state index in [0.29, 0.717) is 5.70 Å². The highest BCUT2D eigenvalue weighted by atomic mass is 127. The predicted molar refractivity (Wildman–Crippen MR) is 139 cm³/mol.